The van der Waals surface area contributed by atoms with Crippen LogP contribution in [0.15, 0.2) is 127 Å². The topological polar surface area (TPSA) is 192 Å². The first-order valence-corrected chi connectivity index (χ1v) is 22.2. The van der Waals surface area contributed by atoms with Crippen LogP contribution in [0.4, 0.5) is 19.7 Å². The fourth-order valence-electron chi connectivity index (χ4n) is 9.62. The second-order valence-corrected chi connectivity index (χ2v) is 16.6. The molecule has 3 N–H and O–H groups in total. The van der Waals surface area contributed by atoms with Gasteiger partial charge in [0.1, 0.15) is 36.2 Å². The fourth-order valence-corrected chi connectivity index (χ4v) is 9.62. The molecule has 0 saturated heterocycles. The minimum atomic E-state index is -1.68. The molecule has 0 radical (unpaired) electrons. The summed E-state index contributed by atoms with van der Waals surface area (Å²) in [6.07, 6.45) is 6.24. The van der Waals surface area contributed by atoms with Crippen molar-refractivity contribution in [3.05, 3.63) is 154 Å². The average molecular weight is 907 g/mol. The fraction of sp³-hybridized carbons (Fsp3) is 0.380. The summed E-state index contributed by atoms with van der Waals surface area (Å²) < 4.78 is 40.4. The summed E-state index contributed by atoms with van der Waals surface area (Å²) in [5, 5.41) is 38.7. The summed E-state index contributed by atoms with van der Waals surface area (Å²) in [5.41, 5.74) is 3.28. The van der Waals surface area contributed by atoms with Crippen LogP contribution < -0.4 is 19.5 Å². The molecular weight excluding hydrogens is 852 g/mol. The van der Waals surface area contributed by atoms with E-state index < -0.39 is 46.6 Å². The van der Waals surface area contributed by atoms with Crippen LogP contribution in [0, 0.1) is 33.7 Å². The molecule has 6 atom stereocenters. The highest BCUT2D eigenvalue weighted by Crippen LogP contribution is 2.62. The van der Waals surface area contributed by atoms with Gasteiger partial charge in [-0.05, 0) is 96.7 Å². The molecule has 1 aliphatic heterocycles. The van der Waals surface area contributed by atoms with Gasteiger partial charge < -0.3 is 39.3 Å². The Hall–Kier alpha value is -6.62. The number of fused-ring (bicyclic) bond motifs is 2. The molecule has 348 valence electrons. The van der Waals surface area contributed by atoms with Gasteiger partial charge in [0, 0.05) is 56.3 Å². The van der Waals surface area contributed by atoms with Gasteiger partial charge in [-0.3, -0.25) is 15.0 Å². The number of amides is 2. The van der Waals surface area contributed by atoms with Gasteiger partial charge in [0.2, 0.25) is 5.79 Å². The number of non-ortho nitro benzene ring substituents is 1. The largest absolute Gasteiger partial charge is 0.459 e. The molecule has 66 heavy (non-hydrogen) atoms. The lowest BCUT2D eigenvalue weighted by Gasteiger charge is -2.59. The van der Waals surface area contributed by atoms with Crippen molar-refractivity contribution in [1.29, 1.82) is 0 Å². The molecule has 4 aromatic rings. The molecule has 2 aliphatic carbocycles. The molecule has 1 fully saturated rings. The van der Waals surface area contributed by atoms with Crippen LogP contribution in [0.25, 0.3) is 0 Å². The normalized spacial score (nSPS) is 22.2. The van der Waals surface area contributed by atoms with E-state index in [0.29, 0.717) is 49.1 Å². The Morgan fingerprint density at radius 1 is 0.955 bits per heavy atom. The summed E-state index contributed by atoms with van der Waals surface area (Å²) in [5.74, 6) is -2.74. The number of benzene rings is 4. The van der Waals surface area contributed by atoms with Crippen LogP contribution in [-0.4, -0.2) is 76.7 Å². The molecule has 0 bridgehead atoms. The van der Waals surface area contributed by atoms with E-state index in [2.05, 4.69) is 23.1 Å². The Labute approximate surface area is 382 Å². The maximum absolute atomic E-state index is 14.9. The zero-order valence-corrected chi connectivity index (χ0v) is 36.8. The summed E-state index contributed by atoms with van der Waals surface area (Å²) in [6.45, 7) is 4.12. The van der Waals surface area contributed by atoms with Gasteiger partial charge in [-0.25, -0.2) is 14.0 Å². The van der Waals surface area contributed by atoms with E-state index in [4.69, 9.17) is 23.8 Å². The van der Waals surface area contributed by atoms with E-state index in [1.807, 2.05) is 36.4 Å². The van der Waals surface area contributed by atoms with Gasteiger partial charge >= 0.3 is 12.2 Å². The number of carbonyl (C=O) groups is 2. The molecule has 4 aromatic carbocycles. The van der Waals surface area contributed by atoms with E-state index in [1.165, 1.54) is 48.4 Å². The summed E-state index contributed by atoms with van der Waals surface area (Å²) in [7, 11) is 1.44. The van der Waals surface area contributed by atoms with Gasteiger partial charge in [0.15, 0.2) is 0 Å². The third kappa shape index (κ3) is 10.7. The van der Waals surface area contributed by atoms with Crippen molar-refractivity contribution in [2.45, 2.75) is 75.8 Å². The smallest absolute Gasteiger partial charge is 0.416 e. The van der Waals surface area contributed by atoms with Crippen LogP contribution in [0.1, 0.15) is 67.6 Å². The minimum Gasteiger partial charge on any atom is -0.459 e. The predicted octanol–water partition coefficient (Wildman–Crippen LogP) is 8.99. The van der Waals surface area contributed by atoms with Crippen molar-refractivity contribution in [2.75, 3.05) is 26.9 Å². The molecule has 3 aliphatic rings. The Bertz CT molecular complexity index is 2380. The van der Waals surface area contributed by atoms with Crippen LogP contribution in [0.2, 0.25) is 0 Å². The molecule has 15 nitrogen and oxygen atoms in total. The van der Waals surface area contributed by atoms with Crippen molar-refractivity contribution in [1.82, 2.24) is 10.2 Å². The second kappa shape index (κ2) is 22.0. The lowest BCUT2D eigenvalue weighted by atomic mass is 9.55. The van der Waals surface area contributed by atoms with E-state index >= 15 is 0 Å². The number of carbonyl (C=O) groups excluding carboxylic acids is 2. The number of halogens is 1. The number of nitro benzene ring substituents is 1. The third-order valence-corrected chi connectivity index (χ3v) is 12.5. The van der Waals surface area contributed by atoms with E-state index in [0.717, 1.165) is 23.1 Å². The van der Waals surface area contributed by atoms with Crippen LogP contribution in [0.3, 0.4) is 0 Å². The molecule has 16 heteroatoms. The van der Waals surface area contributed by atoms with Gasteiger partial charge in [-0.1, -0.05) is 72.6 Å². The standard InChI is InChI=1S/C50H55FN4O11/c1-3-27-63-50-45(54(32-34-15-17-36(51)18-16-34)49(59)65-38-21-19-37(20-22-38)55(60)61)30-43(53-62-2)41-28-35(13-7-9-25-56)40(14-8-10-26-57)46(47(41)50)42-29-39(23-24-44(42)66-50)64-48(58)52-31-33-11-5-4-6-12-33/h3-6,11-12,15-24,28-29,35,40,45-47,56-57H,1,7-10,13-14,25-27,30-32H2,2H3,(H,52,58). The van der Waals surface area contributed by atoms with Gasteiger partial charge in [0.25, 0.3) is 5.69 Å². The number of oxime groups is 1. The van der Waals surface area contributed by atoms with Gasteiger partial charge in [0.05, 0.1) is 23.2 Å². The zero-order chi connectivity index (χ0) is 46.6. The van der Waals surface area contributed by atoms with E-state index in [9.17, 15) is 34.3 Å². The Kier molecular flexibility index (Phi) is 15.8. The highest BCUT2D eigenvalue weighted by molar-refractivity contribution is 6.03. The van der Waals surface area contributed by atoms with E-state index in [1.54, 1.807) is 30.3 Å². The Morgan fingerprint density at radius 2 is 1.67 bits per heavy atom. The second-order valence-electron chi connectivity index (χ2n) is 16.6. The SMILES string of the molecule is C=CCOC12Oc3ccc(OC(=O)NCc4ccccc4)cc3C3C(CCCCO)C(CCCCO)C=C(C(=NOC)CC1N(Cc1ccc(F)cc1)C(=O)Oc1ccc([N+](=O)[O-])cc1)C32. The van der Waals surface area contributed by atoms with Gasteiger partial charge in [-0.2, -0.15) is 0 Å². The molecule has 1 heterocycles. The van der Waals surface area contributed by atoms with Crippen molar-refractivity contribution < 1.29 is 52.9 Å². The van der Waals surface area contributed by atoms with Crippen LogP contribution >= 0.6 is 0 Å². The van der Waals surface area contributed by atoms with Crippen molar-refractivity contribution in [2.24, 2.45) is 22.9 Å². The third-order valence-electron chi connectivity index (χ3n) is 12.5. The molecule has 0 spiro atoms. The maximum Gasteiger partial charge on any atom is 0.416 e. The number of unbranched alkanes of at least 4 members (excludes halogenated alkanes) is 2. The maximum atomic E-state index is 14.9. The Balaban J connectivity index is 1.39. The molecule has 1 saturated carbocycles. The first-order chi connectivity index (χ1) is 32.1. The highest BCUT2D eigenvalue weighted by Gasteiger charge is 2.65. The molecule has 0 aromatic heterocycles. The first kappa shape index (κ1) is 47.3. The van der Waals surface area contributed by atoms with Crippen molar-refractivity contribution in [3.8, 4) is 17.2 Å². The van der Waals surface area contributed by atoms with E-state index in [-0.39, 0.29) is 68.4 Å². The lowest BCUT2D eigenvalue weighted by Crippen LogP contribution is -2.70. The summed E-state index contributed by atoms with van der Waals surface area (Å²) in [6, 6.07) is 24.4. The number of nitro groups is 1. The van der Waals surface area contributed by atoms with Crippen molar-refractivity contribution in [3.63, 3.8) is 0 Å². The average Bonchev–Trinajstić information content (AvgIpc) is 3.32. The number of hydrogen-bond donors (Lipinski definition) is 3. The minimum absolute atomic E-state index is 0.00117. The van der Waals surface area contributed by atoms with Gasteiger partial charge in [-0.15, -0.1) is 6.58 Å². The molecule has 6 unspecified atom stereocenters. The number of nitrogens with one attached hydrogen (secondary N) is 1. The molecule has 7 rings (SSSR count). The predicted molar refractivity (Wildman–Crippen MR) is 242 cm³/mol. The highest BCUT2D eigenvalue weighted by atomic mass is 19.1. The monoisotopic (exact) mass is 906 g/mol. The van der Waals surface area contributed by atoms with Crippen LogP contribution in [0.5, 0.6) is 17.2 Å². The quantitative estimate of drug-likeness (QED) is 0.0332. The number of rotatable bonds is 20. The summed E-state index contributed by atoms with van der Waals surface area (Å²) in [4.78, 5) is 46.0. The first-order valence-electron chi connectivity index (χ1n) is 22.2. The molecular formula is C50H55FN4O11. The number of aliphatic hydroxyl groups excluding tert-OH is 2. The summed E-state index contributed by atoms with van der Waals surface area (Å²) >= 11 is 0. The zero-order valence-electron chi connectivity index (χ0n) is 36.8. The van der Waals surface area contributed by atoms with Crippen LogP contribution in [-0.2, 0) is 22.7 Å². The van der Waals surface area contributed by atoms with Crippen molar-refractivity contribution >= 4 is 23.6 Å². The molecule has 2 amide bonds. The number of aliphatic hydroxyl groups is 2. The number of nitrogens with zero attached hydrogens (tertiary/aromatic N) is 3. The number of hydrogen-bond acceptors (Lipinski definition) is 12. The Morgan fingerprint density at radius 3 is 2.35 bits per heavy atom. The number of allylic oxidation sites excluding steroid dienone is 1. The number of ether oxygens (including phenoxy) is 4. The lowest BCUT2D eigenvalue weighted by molar-refractivity contribution is -0.384.